The van der Waals surface area contributed by atoms with Gasteiger partial charge in [0, 0.05) is 6.08 Å². The smallest absolute Gasteiger partial charge is 0.330 e. The van der Waals surface area contributed by atoms with E-state index < -0.39 is 0 Å². The second-order valence-electron chi connectivity index (χ2n) is 3.32. The van der Waals surface area contributed by atoms with E-state index in [4.69, 9.17) is 9.47 Å². The van der Waals surface area contributed by atoms with Crippen LogP contribution in [0.4, 0.5) is 0 Å². The van der Waals surface area contributed by atoms with Crippen LogP contribution in [0.3, 0.4) is 0 Å². The molecule has 1 saturated heterocycles. The van der Waals surface area contributed by atoms with E-state index in [0.717, 1.165) is 5.56 Å². The Bertz CT molecular complexity index is 352. The van der Waals surface area contributed by atoms with Gasteiger partial charge in [-0.2, -0.15) is 0 Å². The van der Waals surface area contributed by atoms with Gasteiger partial charge in [0.1, 0.15) is 6.61 Å². The number of hydrogen-bond donors (Lipinski definition) is 0. The maximum Gasteiger partial charge on any atom is 0.330 e. The summed E-state index contributed by atoms with van der Waals surface area (Å²) < 4.78 is 9.95. The van der Waals surface area contributed by atoms with Gasteiger partial charge in [-0.05, 0) is 11.6 Å². The number of carbonyl (C=O) groups is 1. The fourth-order valence-electron chi connectivity index (χ4n) is 1.13. The van der Waals surface area contributed by atoms with E-state index in [1.807, 2.05) is 30.3 Å². The number of carbonyl (C=O) groups excluding carboxylic acids is 1. The third-order valence-electron chi connectivity index (χ3n) is 2.03. The van der Waals surface area contributed by atoms with Gasteiger partial charge in [-0.1, -0.05) is 30.3 Å². The van der Waals surface area contributed by atoms with Crippen molar-refractivity contribution in [2.45, 2.75) is 12.7 Å². The van der Waals surface area contributed by atoms with Gasteiger partial charge in [-0.15, -0.1) is 0 Å². The van der Waals surface area contributed by atoms with Crippen molar-refractivity contribution in [2.24, 2.45) is 0 Å². The molecule has 0 spiro atoms. The predicted molar refractivity (Wildman–Crippen MR) is 55.1 cm³/mol. The van der Waals surface area contributed by atoms with Crippen molar-refractivity contribution in [2.75, 3.05) is 6.61 Å². The van der Waals surface area contributed by atoms with Crippen LogP contribution in [-0.4, -0.2) is 18.7 Å². The molecule has 1 atom stereocenters. The van der Waals surface area contributed by atoms with Crippen LogP contribution in [0.2, 0.25) is 0 Å². The normalized spacial score (nSPS) is 19.1. The third kappa shape index (κ3) is 3.56. The van der Waals surface area contributed by atoms with Crippen molar-refractivity contribution in [3.63, 3.8) is 0 Å². The highest BCUT2D eigenvalue weighted by Crippen LogP contribution is 2.09. The second kappa shape index (κ2) is 4.75. The Kier molecular flexibility index (Phi) is 3.15. The summed E-state index contributed by atoms with van der Waals surface area (Å²) in [7, 11) is 0. The van der Waals surface area contributed by atoms with Crippen LogP contribution in [-0.2, 0) is 20.9 Å². The maximum absolute atomic E-state index is 11.2. The Morgan fingerprint density at radius 3 is 2.87 bits per heavy atom. The zero-order chi connectivity index (χ0) is 10.5. The summed E-state index contributed by atoms with van der Waals surface area (Å²) in [5.74, 6) is -0.325. The molecule has 0 saturated carbocycles. The lowest BCUT2D eigenvalue weighted by atomic mass is 10.2. The molecular weight excluding hydrogens is 192 g/mol. The Balaban J connectivity index is 1.75. The van der Waals surface area contributed by atoms with Gasteiger partial charge < -0.3 is 9.47 Å². The Morgan fingerprint density at radius 1 is 1.47 bits per heavy atom. The predicted octanol–water partition coefficient (Wildman–Crippen LogP) is 1.68. The van der Waals surface area contributed by atoms with Gasteiger partial charge in [0.25, 0.3) is 0 Å². The molecule has 78 valence electrons. The molecule has 0 unspecified atom stereocenters. The zero-order valence-electron chi connectivity index (χ0n) is 8.26. The summed E-state index contributed by atoms with van der Waals surface area (Å²) in [5.41, 5.74) is 0.988. The molecule has 0 N–H and O–H groups in total. The number of esters is 1. The van der Waals surface area contributed by atoms with Gasteiger partial charge in [-0.3, -0.25) is 0 Å². The number of benzene rings is 1. The first-order chi connectivity index (χ1) is 7.34. The summed E-state index contributed by atoms with van der Waals surface area (Å²) in [6, 6.07) is 9.59. The number of hydrogen-bond acceptors (Lipinski definition) is 3. The molecule has 1 aliphatic heterocycles. The fraction of sp³-hybridized carbons (Fsp3) is 0.250. The van der Waals surface area contributed by atoms with E-state index in [2.05, 4.69) is 0 Å². The van der Waals surface area contributed by atoms with Crippen LogP contribution in [0.5, 0.6) is 0 Å². The molecule has 0 amide bonds. The van der Waals surface area contributed by atoms with Crippen molar-refractivity contribution >= 4 is 5.97 Å². The van der Waals surface area contributed by atoms with E-state index in [1.165, 1.54) is 6.08 Å². The molecule has 0 radical (unpaired) electrons. The minimum atomic E-state index is -0.325. The van der Waals surface area contributed by atoms with E-state index >= 15 is 0 Å². The van der Waals surface area contributed by atoms with Crippen LogP contribution in [0.15, 0.2) is 42.5 Å². The number of ether oxygens (including phenoxy) is 2. The van der Waals surface area contributed by atoms with Gasteiger partial charge in [-0.25, -0.2) is 4.79 Å². The topological polar surface area (TPSA) is 38.8 Å². The van der Waals surface area contributed by atoms with Crippen LogP contribution >= 0.6 is 0 Å². The summed E-state index contributed by atoms with van der Waals surface area (Å²) in [4.78, 5) is 11.2. The lowest BCUT2D eigenvalue weighted by Crippen LogP contribution is -2.01. The van der Waals surface area contributed by atoms with Crippen LogP contribution < -0.4 is 0 Å². The number of epoxide rings is 1. The summed E-state index contributed by atoms with van der Waals surface area (Å²) in [5, 5.41) is 0. The first-order valence-electron chi connectivity index (χ1n) is 4.85. The van der Waals surface area contributed by atoms with Gasteiger partial charge >= 0.3 is 5.97 Å². The van der Waals surface area contributed by atoms with Crippen molar-refractivity contribution in [3.05, 3.63) is 48.0 Å². The van der Waals surface area contributed by atoms with Gasteiger partial charge in [0.05, 0.1) is 12.7 Å². The van der Waals surface area contributed by atoms with Crippen LogP contribution in [0.25, 0.3) is 0 Å². The number of rotatable bonds is 4. The summed E-state index contributed by atoms with van der Waals surface area (Å²) >= 11 is 0. The highest BCUT2D eigenvalue weighted by molar-refractivity contribution is 5.82. The van der Waals surface area contributed by atoms with Crippen molar-refractivity contribution in [1.29, 1.82) is 0 Å². The van der Waals surface area contributed by atoms with Crippen molar-refractivity contribution in [1.82, 2.24) is 0 Å². The quantitative estimate of drug-likeness (QED) is 0.425. The molecule has 1 aliphatic rings. The van der Waals surface area contributed by atoms with E-state index in [9.17, 15) is 4.79 Å². The van der Waals surface area contributed by atoms with Crippen molar-refractivity contribution < 1.29 is 14.3 Å². The van der Waals surface area contributed by atoms with Crippen LogP contribution in [0.1, 0.15) is 5.56 Å². The monoisotopic (exact) mass is 204 g/mol. The lowest BCUT2D eigenvalue weighted by Gasteiger charge is -2.00. The molecule has 2 rings (SSSR count). The lowest BCUT2D eigenvalue weighted by molar-refractivity contribution is -0.139. The molecule has 1 aromatic rings. The summed E-state index contributed by atoms with van der Waals surface area (Å²) in [6.07, 6.45) is 3.25. The molecule has 1 fully saturated rings. The van der Waals surface area contributed by atoms with Crippen LogP contribution in [0, 0.1) is 0 Å². The average Bonchev–Trinajstić information content (AvgIpc) is 3.09. The maximum atomic E-state index is 11.2. The molecule has 1 aromatic carbocycles. The average molecular weight is 204 g/mol. The van der Waals surface area contributed by atoms with Crippen molar-refractivity contribution in [3.8, 4) is 0 Å². The first kappa shape index (κ1) is 9.93. The first-order valence-corrected chi connectivity index (χ1v) is 4.85. The molecule has 0 aliphatic carbocycles. The largest absolute Gasteiger partial charge is 0.458 e. The molecule has 0 bridgehead atoms. The standard InChI is InChI=1S/C12H12O3/c13-12(7-6-11-9-14-11)15-8-10-4-2-1-3-5-10/h1-7,11H,8-9H2/b7-6+/t11-/m0/s1. The zero-order valence-corrected chi connectivity index (χ0v) is 8.26. The van der Waals surface area contributed by atoms with E-state index in [1.54, 1.807) is 6.08 Å². The molecular formula is C12H12O3. The SMILES string of the molecule is O=C(/C=C/[C@H]1CO1)OCc1ccccc1. The Labute approximate surface area is 88.3 Å². The highest BCUT2D eigenvalue weighted by atomic mass is 16.6. The van der Waals surface area contributed by atoms with E-state index in [-0.39, 0.29) is 12.1 Å². The second-order valence-corrected chi connectivity index (χ2v) is 3.32. The minimum Gasteiger partial charge on any atom is -0.458 e. The highest BCUT2D eigenvalue weighted by Gasteiger charge is 2.18. The fourth-order valence-corrected chi connectivity index (χ4v) is 1.13. The Hall–Kier alpha value is -1.61. The van der Waals surface area contributed by atoms with Gasteiger partial charge in [0.15, 0.2) is 0 Å². The van der Waals surface area contributed by atoms with Gasteiger partial charge in [0.2, 0.25) is 0 Å². The summed E-state index contributed by atoms with van der Waals surface area (Å²) in [6.45, 7) is 1.03. The third-order valence-corrected chi connectivity index (χ3v) is 2.03. The molecule has 15 heavy (non-hydrogen) atoms. The molecule has 1 heterocycles. The Morgan fingerprint density at radius 2 is 2.20 bits per heavy atom. The molecule has 0 aromatic heterocycles. The molecule has 3 nitrogen and oxygen atoms in total. The molecule has 3 heteroatoms. The van der Waals surface area contributed by atoms with E-state index in [0.29, 0.717) is 13.2 Å². The minimum absolute atomic E-state index is 0.120.